The highest BCUT2D eigenvalue weighted by Gasteiger charge is 2.19. The van der Waals surface area contributed by atoms with Gasteiger partial charge in [-0.05, 0) is 89.5 Å². The SMILES string of the molecule is C[C@H](NC(=O)c1ccc(Nc2ccc(F)cc2)c2ccn(Cc3ccc4ccccc4c3)c12)c1ccc(C(=O)O)cc1. The number of rotatable bonds is 8. The highest BCUT2D eigenvalue weighted by atomic mass is 19.1. The Morgan fingerprint density at radius 1 is 0.857 bits per heavy atom. The van der Waals surface area contributed by atoms with Gasteiger partial charge in [0, 0.05) is 29.5 Å². The number of hydrogen-bond acceptors (Lipinski definition) is 3. The van der Waals surface area contributed by atoms with Crippen LogP contribution in [0.25, 0.3) is 21.7 Å². The van der Waals surface area contributed by atoms with Gasteiger partial charge in [-0.15, -0.1) is 0 Å². The van der Waals surface area contributed by atoms with Crippen LogP contribution in [-0.4, -0.2) is 21.6 Å². The Morgan fingerprint density at radius 3 is 2.33 bits per heavy atom. The van der Waals surface area contributed by atoms with Crippen molar-refractivity contribution >= 4 is 44.9 Å². The highest BCUT2D eigenvalue weighted by molar-refractivity contribution is 6.10. The second kappa shape index (κ2) is 11.2. The number of anilines is 2. The number of carboxylic acid groups (broad SMARTS) is 1. The molecule has 3 N–H and O–H groups in total. The molecule has 0 aliphatic heterocycles. The zero-order valence-corrected chi connectivity index (χ0v) is 22.8. The molecule has 1 amide bonds. The second-order valence-corrected chi connectivity index (χ2v) is 10.3. The third kappa shape index (κ3) is 5.45. The molecule has 1 atom stereocenters. The Morgan fingerprint density at radius 2 is 1.60 bits per heavy atom. The average molecular weight is 558 g/mol. The minimum Gasteiger partial charge on any atom is -0.478 e. The first-order chi connectivity index (χ1) is 20.4. The number of hydrogen-bond donors (Lipinski definition) is 3. The van der Waals surface area contributed by atoms with E-state index in [-0.39, 0.29) is 23.3 Å². The van der Waals surface area contributed by atoms with E-state index in [1.165, 1.54) is 24.3 Å². The summed E-state index contributed by atoms with van der Waals surface area (Å²) in [6, 6.07) is 32.5. The fourth-order valence-electron chi connectivity index (χ4n) is 5.24. The molecular weight excluding hydrogens is 529 g/mol. The fraction of sp³-hybridized carbons (Fsp3) is 0.0857. The van der Waals surface area contributed by atoms with Crippen LogP contribution in [0.3, 0.4) is 0 Å². The van der Waals surface area contributed by atoms with Gasteiger partial charge in [0.2, 0.25) is 0 Å². The molecule has 0 saturated carbocycles. The molecule has 0 unspecified atom stereocenters. The standard InChI is InChI=1S/C35H28FN3O3/c1-22(24-8-10-26(11-9-24)35(41)42)37-34(40)31-16-17-32(38-29-14-12-28(36)13-15-29)30-18-19-39(33(30)31)21-23-6-7-25-4-2-3-5-27(25)20-23/h2-20,22,38H,21H2,1H3,(H,37,40)(H,41,42)/t22-/m0/s1. The van der Waals surface area contributed by atoms with Crippen molar-refractivity contribution in [2.24, 2.45) is 0 Å². The van der Waals surface area contributed by atoms with Gasteiger partial charge in [0.15, 0.2) is 0 Å². The van der Waals surface area contributed by atoms with Gasteiger partial charge in [-0.25, -0.2) is 9.18 Å². The van der Waals surface area contributed by atoms with Crippen molar-refractivity contribution < 1.29 is 19.1 Å². The quantitative estimate of drug-likeness (QED) is 0.178. The van der Waals surface area contributed by atoms with Crippen LogP contribution in [0.1, 0.15) is 44.8 Å². The number of carbonyl (C=O) groups excluding carboxylic acids is 1. The molecule has 6 rings (SSSR count). The lowest BCUT2D eigenvalue weighted by molar-refractivity contribution is 0.0696. The Balaban J connectivity index is 1.36. The maximum atomic E-state index is 13.7. The number of amides is 1. The fourth-order valence-corrected chi connectivity index (χ4v) is 5.24. The summed E-state index contributed by atoms with van der Waals surface area (Å²) >= 11 is 0. The van der Waals surface area contributed by atoms with Gasteiger partial charge in [0.25, 0.3) is 5.91 Å². The van der Waals surface area contributed by atoms with E-state index in [0.717, 1.165) is 44.2 Å². The lowest BCUT2D eigenvalue weighted by atomic mass is 10.0. The Bertz CT molecular complexity index is 1930. The van der Waals surface area contributed by atoms with Gasteiger partial charge in [-0.3, -0.25) is 4.79 Å². The predicted octanol–water partition coefficient (Wildman–Crippen LogP) is 7.91. The van der Waals surface area contributed by atoms with E-state index in [4.69, 9.17) is 0 Å². The predicted molar refractivity (Wildman–Crippen MR) is 164 cm³/mol. The molecule has 0 radical (unpaired) electrons. The van der Waals surface area contributed by atoms with Crippen LogP contribution >= 0.6 is 0 Å². The van der Waals surface area contributed by atoms with Crippen molar-refractivity contribution in [3.8, 4) is 0 Å². The van der Waals surface area contributed by atoms with Crippen LogP contribution in [0.15, 0.2) is 115 Å². The van der Waals surface area contributed by atoms with E-state index in [1.54, 1.807) is 30.3 Å². The first-order valence-corrected chi connectivity index (χ1v) is 13.6. The number of carboxylic acids is 1. The van der Waals surface area contributed by atoms with Gasteiger partial charge >= 0.3 is 5.97 Å². The number of nitrogens with zero attached hydrogens (tertiary/aromatic N) is 1. The topological polar surface area (TPSA) is 83.4 Å². The summed E-state index contributed by atoms with van der Waals surface area (Å²) in [6.45, 7) is 2.42. The molecule has 6 aromatic rings. The molecule has 0 bridgehead atoms. The van der Waals surface area contributed by atoms with Crippen LogP contribution in [0.4, 0.5) is 15.8 Å². The van der Waals surface area contributed by atoms with E-state index < -0.39 is 5.97 Å². The molecule has 0 saturated heterocycles. The molecule has 0 spiro atoms. The zero-order chi connectivity index (χ0) is 29.2. The van der Waals surface area contributed by atoms with E-state index in [2.05, 4.69) is 45.5 Å². The van der Waals surface area contributed by atoms with Crippen molar-refractivity contribution in [1.29, 1.82) is 0 Å². The minimum absolute atomic E-state index is 0.190. The first kappa shape index (κ1) is 26.8. The number of fused-ring (bicyclic) bond motifs is 2. The van der Waals surface area contributed by atoms with Crippen molar-refractivity contribution in [3.63, 3.8) is 0 Å². The number of aromatic nitrogens is 1. The summed E-state index contributed by atoms with van der Waals surface area (Å²) in [6.07, 6.45) is 1.97. The maximum absolute atomic E-state index is 13.7. The van der Waals surface area contributed by atoms with Crippen LogP contribution in [0, 0.1) is 5.82 Å². The minimum atomic E-state index is -0.998. The van der Waals surface area contributed by atoms with Gasteiger partial charge in [0.1, 0.15) is 5.82 Å². The van der Waals surface area contributed by atoms with Crippen molar-refractivity contribution in [3.05, 3.63) is 143 Å². The molecule has 208 valence electrons. The normalized spacial score (nSPS) is 11.9. The molecule has 6 nitrogen and oxygen atoms in total. The average Bonchev–Trinajstić information content (AvgIpc) is 3.42. The van der Waals surface area contributed by atoms with Gasteiger partial charge in [-0.1, -0.05) is 48.5 Å². The molecule has 0 fully saturated rings. The Labute approximate surface area is 242 Å². The van der Waals surface area contributed by atoms with Crippen LogP contribution in [-0.2, 0) is 6.54 Å². The summed E-state index contributed by atoms with van der Waals surface area (Å²) in [5.74, 6) is -1.56. The first-order valence-electron chi connectivity index (χ1n) is 13.6. The Hall–Kier alpha value is -5.43. The molecule has 0 aliphatic carbocycles. The summed E-state index contributed by atoms with van der Waals surface area (Å²) in [5, 5.41) is 18.8. The second-order valence-electron chi connectivity index (χ2n) is 10.3. The number of nitrogens with one attached hydrogen (secondary N) is 2. The summed E-state index contributed by atoms with van der Waals surface area (Å²) < 4.78 is 15.6. The number of carbonyl (C=O) groups is 2. The van der Waals surface area contributed by atoms with Gasteiger partial charge < -0.3 is 20.3 Å². The zero-order valence-electron chi connectivity index (χ0n) is 22.8. The summed E-state index contributed by atoms with van der Waals surface area (Å²) in [4.78, 5) is 25.0. The molecule has 0 aliphatic rings. The van der Waals surface area contributed by atoms with Crippen molar-refractivity contribution in [2.75, 3.05) is 5.32 Å². The lowest BCUT2D eigenvalue weighted by Crippen LogP contribution is -2.27. The molecule has 5 aromatic carbocycles. The third-order valence-corrected chi connectivity index (χ3v) is 7.47. The van der Waals surface area contributed by atoms with Crippen molar-refractivity contribution in [2.45, 2.75) is 19.5 Å². The highest BCUT2D eigenvalue weighted by Crippen LogP contribution is 2.32. The van der Waals surface area contributed by atoms with E-state index in [9.17, 15) is 19.1 Å². The maximum Gasteiger partial charge on any atom is 0.335 e. The van der Waals surface area contributed by atoms with Crippen LogP contribution < -0.4 is 10.6 Å². The Kier molecular flexibility index (Phi) is 7.15. The molecule has 1 heterocycles. The number of benzene rings is 5. The monoisotopic (exact) mass is 557 g/mol. The number of halogens is 1. The van der Waals surface area contributed by atoms with E-state index >= 15 is 0 Å². The largest absolute Gasteiger partial charge is 0.478 e. The smallest absolute Gasteiger partial charge is 0.335 e. The van der Waals surface area contributed by atoms with Crippen LogP contribution in [0.2, 0.25) is 0 Å². The molecule has 42 heavy (non-hydrogen) atoms. The van der Waals surface area contributed by atoms with Gasteiger partial charge in [0.05, 0.1) is 22.7 Å². The molecular formula is C35H28FN3O3. The summed E-state index contributed by atoms with van der Waals surface area (Å²) in [7, 11) is 0. The third-order valence-electron chi connectivity index (χ3n) is 7.47. The molecule has 7 heteroatoms. The lowest BCUT2D eigenvalue weighted by Gasteiger charge is -2.17. The van der Waals surface area contributed by atoms with E-state index in [0.29, 0.717) is 12.1 Å². The van der Waals surface area contributed by atoms with Crippen molar-refractivity contribution in [1.82, 2.24) is 9.88 Å². The van der Waals surface area contributed by atoms with Gasteiger partial charge in [-0.2, -0.15) is 0 Å². The molecule has 1 aromatic heterocycles. The van der Waals surface area contributed by atoms with E-state index in [1.807, 2.05) is 37.4 Å². The summed E-state index contributed by atoms with van der Waals surface area (Å²) in [5.41, 5.74) is 4.89. The van der Waals surface area contributed by atoms with Crippen LogP contribution in [0.5, 0.6) is 0 Å². The number of aromatic carboxylic acids is 1.